The first-order chi connectivity index (χ1) is 9.72. The van der Waals surface area contributed by atoms with Crippen LogP contribution in [-0.4, -0.2) is 46.8 Å². The highest BCUT2D eigenvalue weighted by molar-refractivity contribution is 7.89. The Morgan fingerprint density at radius 2 is 1.81 bits per heavy atom. The molecule has 0 radical (unpaired) electrons. The lowest BCUT2D eigenvalue weighted by molar-refractivity contribution is 0.0600. The Balaban J connectivity index is 3.19. The third kappa shape index (κ3) is 3.92. The summed E-state index contributed by atoms with van der Waals surface area (Å²) in [5.41, 5.74) is 0.498. The molecule has 0 atom stereocenters. The number of aryl methyl sites for hydroxylation is 1. The zero-order valence-electron chi connectivity index (χ0n) is 12.0. The fraction of sp³-hybridized carbons (Fsp3) is 0.333. The number of sulfonamides is 1. The SMILES string of the molecule is COC(=O)c1ccc(C)c(S(=O)(=O)NN(C)C(=O)OC)c1. The van der Waals surface area contributed by atoms with Crippen molar-refractivity contribution in [3.8, 4) is 0 Å². The first-order valence-corrected chi connectivity index (χ1v) is 7.24. The molecule has 8 nitrogen and oxygen atoms in total. The third-order valence-electron chi connectivity index (χ3n) is 2.60. The Hall–Kier alpha value is -2.13. The Bertz CT molecular complexity index is 656. The van der Waals surface area contributed by atoms with Gasteiger partial charge in [-0.15, -0.1) is 4.83 Å². The second-order valence-electron chi connectivity index (χ2n) is 4.10. The van der Waals surface area contributed by atoms with Gasteiger partial charge < -0.3 is 9.47 Å². The Morgan fingerprint density at radius 1 is 1.19 bits per heavy atom. The summed E-state index contributed by atoms with van der Waals surface area (Å²) in [6.07, 6.45) is -0.875. The number of esters is 1. The van der Waals surface area contributed by atoms with Gasteiger partial charge in [-0.2, -0.15) is 0 Å². The summed E-state index contributed by atoms with van der Waals surface area (Å²) in [6.45, 7) is 1.56. The number of carbonyl (C=O) groups excluding carboxylic acids is 2. The average molecular weight is 316 g/mol. The fourth-order valence-electron chi connectivity index (χ4n) is 1.54. The van der Waals surface area contributed by atoms with E-state index in [0.717, 1.165) is 7.11 Å². The molecule has 9 heteroatoms. The van der Waals surface area contributed by atoms with Crippen LogP contribution in [0.3, 0.4) is 0 Å². The van der Waals surface area contributed by atoms with E-state index in [9.17, 15) is 18.0 Å². The van der Waals surface area contributed by atoms with Gasteiger partial charge >= 0.3 is 12.1 Å². The standard InChI is InChI=1S/C12H16N2O6S/c1-8-5-6-9(11(15)19-3)7-10(8)21(17,18)13-14(2)12(16)20-4/h5-7,13H,1-4H3. The van der Waals surface area contributed by atoms with Crippen LogP contribution in [0, 0.1) is 6.92 Å². The van der Waals surface area contributed by atoms with Gasteiger partial charge in [0.05, 0.1) is 24.7 Å². The maximum atomic E-state index is 12.2. The first kappa shape index (κ1) is 16.9. The Kier molecular flexibility index (Phi) is 5.28. The lowest BCUT2D eigenvalue weighted by atomic mass is 10.1. The molecule has 1 rings (SSSR count). The average Bonchev–Trinajstić information content (AvgIpc) is 2.45. The maximum absolute atomic E-state index is 12.2. The van der Waals surface area contributed by atoms with Crippen LogP contribution in [0.2, 0.25) is 0 Å². The highest BCUT2D eigenvalue weighted by Gasteiger charge is 2.23. The summed E-state index contributed by atoms with van der Waals surface area (Å²) >= 11 is 0. The highest BCUT2D eigenvalue weighted by atomic mass is 32.2. The molecule has 0 aliphatic carbocycles. The molecule has 0 unspecified atom stereocenters. The topological polar surface area (TPSA) is 102 Å². The number of rotatable bonds is 4. The smallest absolute Gasteiger partial charge is 0.424 e. The number of ether oxygens (including phenoxy) is 2. The number of hydrogen-bond donors (Lipinski definition) is 1. The van der Waals surface area contributed by atoms with Crippen LogP contribution in [0.5, 0.6) is 0 Å². The van der Waals surface area contributed by atoms with Crippen LogP contribution in [0.15, 0.2) is 23.1 Å². The molecule has 0 bridgehead atoms. The molecule has 0 saturated carbocycles. The molecular weight excluding hydrogens is 300 g/mol. The molecular formula is C12H16N2O6S. The lowest BCUT2D eigenvalue weighted by Crippen LogP contribution is -2.43. The number of nitrogens with one attached hydrogen (secondary N) is 1. The van der Waals surface area contributed by atoms with E-state index < -0.39 is 22.1 Å². The molecule has 0 saturated heterocycles. The molecule has 116 valence electrons. The van der Waals surface area contributed by atoms with E-state index in [4.69, 9.17) is 0 Å². The van der Waals surface area contributed by atoms with Gasteiger partial charge in [-0.1, -0.05) is 6.07 Å². The summed E-state index contributed by atoms with van der Waals surface area (Å²) in [7, 11) is -0.530. The minimum atomic E-state index is -4.04. The van der Waals surface area contributed by atoms with E-state index >= 15 is 0 Å². The van der Waals surface area contributed by atoms with E-state index in [1.807, 2.05) is 4.83 Å². The van der Waals surface area contributed by atoms with Crippen molar-refractivity contribution in [3.05, 3.63) is 29.3 Å². The van der Waals surface area contributed by atoms with Crippen molar-refractivity contribution >= 4 is 22.1 Å². The zero-order valence-corrected chi connectivity index (χ0v) is 12.9. The van der Waals surface area contributed by atoms with Gasteiger partial charge in [0.1, 0.15) is 0 Å². The molecule has 0 aromatic heterocycles. The molecule has 0 aliphatic rings. The predicted octanol–water partition coefficient (Wildman–Crippen LogP) is 0.673. The van der Waals surface area contributed by atoms with Gasteiger partial charge in [-0.05, 0) is 24.6 Å². The van der Waals surface area contributed by atoms with Crippen LogP contribution >= 0.6 is 0 Å². The monoisotopic (exact) mass is 316 g/mol. The van der Waals surface area contributed by atoms with E-state index in [2.05, 4.69) is 9.47 Å². The molecule has 1 amide bonds. The summed E-state index contributed by atoms with van der Waals surface area (Å²) in [4.78, 5) is 24.6. The molecule has 21 heavy (non-hydrogen) atoms. The van der Waals surface area contributed by atoms with Gasteiger partial charge in [0.2, 0.25) is 0 Å². The third-order valence-corrected chi connectivity index (χ3v) is 4.14. The molecule has 0 heterocycles. The van der Waals surface area contributed by atoms with Crippen molar-refractivity contribution in [2.45, 2.75) is 11.8 Å². The van der Waals surface area contributed by atoms with Crippen LogP contribution in [-0.2, 0) is 19.5 Å². The number of carbonyl (C=O) groups is 2. The van der Waals surface area contributed by atoms with Crippen molar-refractivity contribution in [1.29, 1.82) is 0 Å². The van der Waals surface area contributed by atoms with Crippen molar-refractivity contribution in [1.82, 2.24) is 9.84 Å². The van der Waals surface area contributed by atoms with Crippen LogP contribution in [0.1, 0.15) is 15.9 Å². The minimum Gasteiger partial charge on any atom is -0.465 e. The van der Waals surface area contributed by atoms with Crippen LogP contribution in [0.25, 0.3) is 0 Å². The largest absolute Gasteiger partial charge is 0.465 e. The molecule has 0 fully saturated rings. The van der Waals surface area contributed by atoms with Crippen molar-refractivity contribution in [2.75, 3.05) is 21.3 Å². The highest BCUT2D eigenvalue weighted by Crippen LogP contribution is 2.18. The summed E-state index contributed by atoms with van der Waals surface area (Å²) in [6, 6.07) is 4.10. The Labute approximate surface area is 122 Å². The van der Waals surface area contributed by atoms with E-state index in [1.54, 1.807) is 6.92 Å². The second kappa shape index (κ2) is 6.55. The molecule has 1 N–H and O–H groups in total. The number of hydrogen-bond acceptors (Lipinski definition) is 6. The van der Waals surface area contributed by atoms with Crippen molar-refractivity contribution in [2.24, 2.45) is 0 Å². The number of methoxy groups -OCH3 is 2. The van der Waals surface area contributed by atoms with E-state index in [-0.39, 0.29) is 10.5 Å². The second-order valence-corrected chi connectivity index (χ2v) is 5.72. The van der Waals surface area contributed by atoms with Crippen molar-refractivity contribution < 1.29 is 27.5 Å². The van der Waals surface area contributed by atoms with Gasteiger partial charge in [-0.25, -0.2) is 23.0 Å². The predicted molar refractivity (Wildman–Crippen MR) is 73.0 cm³/mol. The van der Waals surface area contributed by atoms with Gasteiger partial charge in [0, 0.05) is 7.05 Å². The molecule has 1 aromatic rings. The number of amides is 1. The normalized spacial score (nSPS) is 10.9. The maximum Gasteiger partial charge on any atom is 0.424 e. The molecule has 1 aromatic carbocycles. The lowest BCUT2D eigenvalue weighted by Gasteiger charge is -2.17. The summed E-state index contributed by atoms with van der Waals surface area (Å²) in [5, 5.41) is 0.680. The minimum absolute atomic E-state index is 0.0872. The number of nitrogens with zero attached hydrogens (tertiary/aromatic N) is 1. The first-order valence-electron chi connectivity index (χ1n) is 5.76. The van der Waals surface area contributed by atoms with E-state index in [0.29, 0.717) is 10.6 Å². The van der Waals surface area contributed by atoms with Crippen molar-refractivity contribution in [3.63, 3.8) is 0 Å². The molecule has 0 spiro atoms. The zero-order chi connectivity index (χ0) is 16.2. The summed E-state index contributed by atoms with van der Waals surface area (Å²) in [5.74, 6) is -0.659. The van der Waals surface area contributed by atoms with Gasteiger partial charge in [0.25, 0.3) is 10.0 Å². The summed E-state index contributed by atoms with van der Waals surface area (Å²) < 4.78 is 33.4. The quantitative estimate of drug-likeness (QED) is 0.647. The van der Waals surface area contributed by atoms with Gasteiger partial charge in [-0.3, -0.25) is 0 Å². The molecule has 0 aliphatic heterocycles. The van der Waals surface area contributed by atoms with Crippen LogP contribution in [0.4, 0.5) is 4.79 Å². The Morgan fingerprint density at radius 3 is 2.33 bits per heavy atom. The van der Waals surface area contributed by atoms with Gasteiger partial charge in [0.15, 0.2) is 0 Å². The fourth-order valence-corrected chi connectivity index (χ4v) is 2.85. The van der Waals surface area contributed by atoms with Crippen LogP contribution < -0.4 is 4.83 Å². The number of benzene rings is 1. The van der Waals surface area contributed by atoms with E-state index in [1.165, 1.54) is 32.4 Å². The number of hydrazine groups is 1.